The molecule has 0 spiro atoms. The summed E-state index contributed by atoms with van der Waals surface area (Å²) in [4.78, 5) is 17.2. The largest absolute Gasteiger partial charge is 0.477 e. The van der Waals surface area contributed by atoms with E-state index in [0.717, 1.165) is 25.3 Å². The molecule has 1 fully saturated rings. The molecule has 7 heteroatoms. The predicted molar refractivity (Wildman–Crippen MR) is 75.6 cm³/mol. The number of carbonyl (C=O) groups is 1. The van der Waals surface area contributed by atoms with Crippen LogP contribution in [0.25, 0.3) is 0 Å². The highest BCUT2D eigenvalue weighted by Gasteiger charge is 2.36. The van der Waals surface area contributed by atoms with Gasteiger partial charge in [-0.1, -0.05) is 0 Å². The maximum atomic E-state index is 11.0. The third-order valence-electron chi connectivity index (χ3n) is 3.65. The van der Waals surface area contributed by atoms with Crippen molar-refractivity contribution in [2.45, 2.75) is 31.0 Å². The van der Waals surface area contributed by atoms with Gasteiger partial charge in [-0.25, -0.2) is 9.78 Å². The molecule has 2 aliphatic rings. The molecular weight excluding hydrogens is 282 g/mol. The first kappa shape index (κ1) is 13.5. The van der Waals surface area contributed by atoms with Crippen LogP contribution in [0.3, 0.4) is 0 Å². The third kappa shape index (κ3) is 2.29. The molecule has 20 heavy (non-hydrogen) atoms. The zero-order valence-electron chi connectivity index (χ0n) is 11.0. The number of ether oxygens (including phenoxy) is 1. The van der Waals surface area contributed by atoms with Crippen LogP contribution in [-0.2, 0) is 4.74 Å². The Balaban J connectivity index is 1.89. The van der Waals surface area contributed by atoms with E-state index in [2.05, 4.69) is 15.2 Å². The van der Waals surface area contributed by atoms with E-state index in [4.69, 9.17) is 21.4 Å². The Morgan fingerprint density at radius 2 is 2.45 bits per heavy atom. The van der Waals surface area contributed by atoms with Crippen molar-refractivity contribution < 1.29 is 14.6 Å². The van der Waals surface area contributed by atoms with Gasteiger partial charge in [0.1, 0.15) is 6.17 Å². The minimum atomic E-state index is -1.04. The van der Waals surface area contributed by atoms with Crippen LogP contribution in [0.2, 0.25) is 0 Å². The van der Waals surface area contributed by atoms with Gasteiger partial charge < -0.3 is 20.1 Å². The molecule has 2 N–H and O–H groups in total. The molecule has 3 heterocycles. The van der Waals surface area contributed by atoms with Gasteiger partial charge in [0.15, 0.2) is 11.5 Å². The number of carboxylic acid groups (broad SMARTS) is 1. The van der Waals surface area contributed by atoms with Crippen molar-refractivity contribution in [2.75, 3.05) is 23.4 Å². The van der Waals surface area contributed by atoms with Crippen LogP contribution in [0.4, 0.5) is 11.5 Å². The Labute approximate surface area is 121 Å². The smallest absolute Gasteiger partial charge is 0.354 e. The molecule has 2 aliphatic heterocycles. The summed E-state index contributed by atoms with van der Waals surface area (Å²) in [7, 11) is 0. The molecule has 0 radical (unpaired) electrons. The van der Waals surface area contributed by atoms with Crippen molar-refractivity contribution in [1.82, 2.24) is 4.98 Å². The second-order valence-electron chi connectivity index (χ2n) is 5.07. The topological polar surface area (TPSA) is 74.7 Å². The molecule has 3 atom stereocenters. The Kier molecular flexibility index (Phi) is 3.43. The number of anilines is 2. The van der Waals surface area contributed by atoms with Gasteiger partial charge in [-0.2, -0.15) is 0 Å². The first-order chi connectivity index (χ1) is 9.56. The fourth-order valence-corrected chi connectivity index (χ4v) is 2.70. The molecule has 0 aromatic carbocycles. The summed E-state index contributed by atoms with van der Waals surface area (Å²) in [6.45, 7) is 3.43. The summed E-state index contributed by atoms with van der Waals surface area (Å²) < 4.78 is 5.47. The summed E-state index contributed by atoms with van der Waals surface area (Å²) in [6.07, 6.45) is 1.14. The van der Waals surface area contributed by atoms with Crippen LogP contribution in [0.5, 0.6) is 0 Å². The summed E-state index contributed by atoms with van der Waals surface area (Å²) >= 11 is 6.23. The maximum Gasteiger partial charge on any atom is 0.354 e. The number of hydrogen-bond donors (Lipinski definition) is 2. The van der Waals surface area contributed by atoms with E-state index in [1.54, 1.807) is 6.07 Å². The first-order valence-electron chi connectivity index (χ1n) is 6.59. The number of aromatic carboxylic acids is 1. The van der Waals surface area contributed by atoms with Crippen molar-refractivity contribution >= 4 is 29.1 Å². The fraction of sp³-hybridized carbons (Fsp3) is 0.538. The van der Waals surface area contributed by atoms with Crippen molar-refractivity contribution in [3.05, 3.63) is 17.8 Å². The van der Waals surface area contributed by atoms with E-state index in [0.29, 0.717) is 5.82 Å². The van der Waals surface area contributed by atoms with E-state index in [1.165, 1.54) is 6.07 Å². The van der Waals surface area contributed by atoms with Crippen molar-refractivity contribution in [3.63, 3.8) is 0 Å². The van der Waals surface area contributed by atoms with Gasteiger partial charge in [0, 0.05) is 13.2 Å². The molecule has 0 aliphatic carbocycles. The van der Waals surface area contributed by atoms with Gasteiger partial charge in [-0.3, -0.25) is 0 Å². The summed E-state index contributed by atoms with van der Waals surface area (Å²) in [5, 5.41) is 12.1. The van der Waals surface area contributed by atoms with Crippen LogP contribution in [-0.4, -0.2) is 46.9 Å². The average molecular weight is 298 g/mol. The number of fused-ring (bicyclic) bond motifs is 1. The number of pyridine rings is 1. The van der Waals surface area contributed by atoms with Gasteiger partial charge >= 0.3 is 5.97 Å². The fourth-order valence-electron chi connectivity index (χ4n) is 2.50. The lowest BCUT2D eigenvalue weighted by molar-refractivity contribution is -0.0449. The van der Waals surface area contributed by atoms with E-state index in [9.17, 15) is 4.79 Å². The van der Waals surface area contributed by atoms with E-state index in [-0.39, 0.29) is 23.3 Å². The normalized spacial score (nSPS) is 25.6. The number of alkyl halides is 1. The van der Waals surface area contributed by atoms with Crippen molar-refractivity contribution in [3.8, 4) is 0 Å². The molecule has 0 bridgehead atoms. The summed E-state index contributed by atoms with van der Waals surface area (Å²) in [6, 6.07) is 3.29. The summed E-state index contributed by atoms with van der Waals surface area (Å²) in [5.41, 5.74) is 0.905. The molecule has 1 aromatic rings. The minimum Gasteiger partial charge on any atom is -0.477 e. The van der Waals surface area contributed by atoms with Gasteiger partial charge in [-0.05, 0) is 25.5 Å². The summed E-state index contributed by atoms with van der Waals surface area (Å²) in [5.74, 6) is -0.465. The molecule has 2 unspecified atom stereocenters. The van der Waals surface area contributed by atoms with Crippen molar-refractivity contribution in [1.29, 1.82) is 0 Å². The molecule has 1 aromatic heterocycles. The number of nitrogens with zero attached hydrogens (tertiary/aromatic N) is 2. The Hall–Kier alpha value is -1.53. The molecule has 108 valence electrons. The lowest BCUT2D eigenvalue weighted by Crippen LogP contribution is -2.48. The Morgan fingerprint density at radius 1 is 1.70 bits per heavy atom. The van der Waals surface area contributed by atoms with Gasteiger partial charge in [0.05, 0.1) is 17.2 Å². The van der Waals surface area contributed by atoms with E-state index in [1.807, 2.05) is 6.92 Å². The monoisotopic (exact) mass is 297 g/mol. The van der Waals surface area contributed by atoms with Crippen LogP contribution >= 0.6 is 11.6 Å². The number of nitrogens with one attached hydrogen (secondary N) is 1. The highest BCUT2D eigenvalue weighted by molar-refractivity contribution is 6.21. The molecule has 1 saturated heterocycles. The quantitative estimate of drug-likeness (QED) is 0.825. The lowest BCUT2D eigenvalue weighted by atomic mass is 10.1. The van der Waals surface area contributed by atoms with E-state index >= 15 is 0 Å². The SMILES string of the molecule is CC(Cl)C1Nc2nc(C(=O)O)ccc2N1C[C@@H]1CCO1. The lowest BCUT2D eigenvalue weighted by Gasteiger charge is -2.35. The number of rotatable bonds is 4. The van der Waals surface area contributed by atoms with Crippen LogP contribution in [0, 0.1) is 0 Å². The van der Waals surface area contributed by atoms with Crippen molar-refractivity contribution in [2.24, 2.45) is 0 Å². The standard InChI is InChI=1S/C13H16ClN3O3/c1-7(14)12-16-11-10(3-2-9(15-11)13(18)19)17(12)6-8-4-5-20-8/h2-3,7-8,12H,4-6H2,1H3,(H,15,16)(H,18,19)/t7?,8-,12?/m0/s1. The first-order valence-corrected chi connectivity index (χ1v) is 7.03. The van der Waals surface area contributed by atoms with Gasteiger partial charge in [0.2, 0.25) is 0 Å². The zero-order chi connectivity index (χ0) is 14.3. The third-order valence-corrected chi connectivity index (χ3v) is 3.89. The molecule has 6 nitrogen and oxygen atoms in total. The highest BCUT2D eigenvalue weighted by atomic mass is 35.5. The zero-order valence-corrected chi connectivity index (χ0v) is 11.8. The predicted octanol–water partition coefficient (Wildman–Crippen LogP) is 1.75. The highest BCUT2D eigenvalue weighted by Crippen LogP contribution is 2.36. The second-order valence-corrected chi connectivity index (χ2v) is 5.76. The molecule has 0 saturated carbocycles. The molecule has 3 rings (SSSR count). The second kappa shape index (κ2) is 5.10. The Morgan fingerprint density at radius 3 is 3.00 bits per heavy atom. The number of aromatic nitrogens is 1. The number of halogens is 1. The van der Waals surface area contributed by atoms with Crippen LogP contribution in [0.1, 0.15) is 23.8 Å². The molecule has 0 amide bonds. The minimum absolute atomic E-state index is 0.0268. The number of hydrogen-bond acceptors (Lipinski definition) is 5. The van der Waals surface area contributed by atoms with Crippen LogP contribution in [0.15, 0.2) is 12.1 Å². The van der Waals surface area contributed by atoms with Gasteiger partial charge in [-0.15, -0.1) is 11.6 Å². The maximum absolute atomic E-state index is 11.0. The van der Waals surface area contributed by atoms with Crippen LogP contribution < -0.4 is 10.2 Å². The van der Waals surface area contributed by atoms with Gasteiger partial charge in [0.25, 0.3) is 0 Å². The Bertz CT molecular complexity index is 534. The van der Waals surface area contributed by atoms with E-state index < -0.39 is 5.97 Å². The average Bonchev–Trinajstić information content (AvgIpc) is 2.71. The molecular formula is C13H16ClN3O3. The number of carboxylic acids is 1.